The Balaban J connectivity index is 2.06. The molecule has 0 heterocycles. The highest BCUT2D eigenvalue weighted by atomic mass is 32.2. The van der Waals surface area contributed by atoms with Gasteiger partial charge in [-0.1, -0.05) is 31.2 Å². The van der Waals surface area contributed by atoms with Crippen molar-refractivity contribution in [2.75, 3.05) is 11.5 Å². The van der Waals surface area contributed by atoms with Crippen LogP contribution in [0.5, 0.6) is 0 Å². The highest BCUT2D eigenvalue weighted by molar-refractivity contribution is 7.91. The molecule has 0 atom stereocenters. The van der Waals surface area contributed by atoms with Gasteiger partial charge in [0.25, 0.3) is 10.1 Å². The highest BCUT2D eigenvalue weighted by Crippen LogP contribution is 2.36. The zero-order valence-corrected chi connectivity index (χ0v) is 16.4. The van der Waals surface area contributed by atoms with Gasteiger partial charge in [0.15, 0.2) is 9.84 Å². The van der Waals surface area contributed by atoms with E-state index in [-0.39, 0.29) is 32.3 Å². The van der Waals surface area contributed by atoms with Gasteiger partial charge in [-0.25, -0.2) is 8.42 Å². The number of fused-ring (bicyclic) bond motifs is 1. The van der Waals surface area contributed by atoms with Crippen LogP contribution < -0.4 is 5.73 Å². The topological polar surface area (TPSA) is 139 Å². The Kier molecular flexibility index (Phi) is 5.20. The van der Waals surface area contributed by atoms with Gasteiger partial charge in [0.05, 0.1) is 22.0 Å². The quantitative estimate of drug-likeness (QED) is 0.365. The number of benzene rings is 3. The van der Waals surface area contributed by atoms with E-state index >= 15 is 0 Å². The number of hydrogen-bond acceptors (Lipinski definition) is 7. The fourth-order valence-electron chi connectivity index (χ4n) is 2.65. The van der Waals surface area contributed by atoms with Gasteiger partial charge in [0.2, 0.25) is 0 Å². The summed E-state index contributed by atoms with van der Waals surface area (Å²) in [7, 11) is -7.82. The smallest absolute Gasteiger partial charge is 0.295 e. The molecule has 10 heteroatoms. The van der Waals surface area contributed by atoms with Crippen LogP contribution in [0, 0.1) is 0 Å². The summed E-state index contributed by atoms with van der Waals surface area (Å²) in [6.07, 6.45) is 0. The van der Waals surface area contributed by atoms with Crippen LogP contribution in [0.3, 0.4) is 0 Å². The minimum atomic E-state index is -4.50. The molecule has 0 saturated heterocycles. The molecule has 146 valence electrons. The van der Waals surface area contributed by atoms with E-state index in [0.717, 1.165) is 6.07 Å². The third-order valence-corrected chi connectivity index (χ3v) is 6.80. The molecule has 8 nitrogen and oxygen atoms in total. The third kappa shape index (κ3) is 3.88. The van der Waals surface area contributed by atoms with Crippen LogP contribution in [0.25, 0.3) is 10.8 Å². The number of sulfone groups is 1. The molecule has 0 radical (unpaired) electrons. The Bertz CT molecular complexity index is 1280. The normalized spacial score (nSPS) is 12.6. The monoisotopic (exact) mass is 419 g/mol. The van der Waals surface area contributed by atoms with Crippen molar-refractivity contribution in [1.82, 2.24) is 0 Å². The first-order valence-corrected chi connectivity index (χ1v) is 11.3. The Morgan fingerprint density at radius 2 is 1.54 bits per heavy atom. The standard InChI is InChI=1S/C18H17N3O5S2/c1-2-27(22,23)13-9-7-12(8-10-13)20-21-16-11-17(28(24,25)26)14-5-3-4-6-15(14)18(16)19/h3-11H,2,19H2,1H3,(H,24,25,26)/b21-20+. The fraction of sp³-hybridized carbons (Fsp3) is 0.111. The summed E-state index contributed by atoms with van der Waals surface area (Å²) >= 11 is 0. The van der Waals surface area contributed by atoms with Gasteiger partial charge in [0, 0.05) is 10.8 Å². The van der Waals surface area contributed by atoms with Gasteiger partial charge in [0.1, 0.15) is 10.6 Å². The lowest BCUT2D eigenvalue weighted by atomic mass is 10.1. The number of anilines is 1. The Morgan fingerprint density at radius 3 is 2.11 bits per heavy atom. The molecule has 0 spiro atoms. The van der Waals surface area contributed by atoms with Crippen LogP contribution in [0.15, 0.2) is 74.6 Å². The fourth-order valence-corrected chi connectivity index (χ4v) is 4.25. The molecule has 3 rings (SSSR count). The summed E-state index contributed by atoms with van der Waals surface area (Å²) in [4.78, 5) is -0.150. The minimum Gasteiger partial charge on any atom is -0.396 e. The van der Waals surface area contributed by atoms with Crippen LogP contribution in [-0.4, -0.2) is 27.1 Å². The molecule has 3 N–H and O–H groups in total. The SMILES string of the molecule is CCS(=O)(=O)c1ccc(/N=N/c2cc(S(=O)(=O)O)c3ccccc3c2N)cc1. The Hall–Kier alpha value is -2.82. The lowest BCUT2D eigenvalue weighted by Gasteiger charge is -2.09. The maximum absolute atomic E-state index is 11.8. The molecule has 3 aromatic carbocycles. The van der Waals surface area contributed by atoms with E-state index in [1.807, 2.05) is 0 Å². The summed E-state index contributed by atoms with van der Waals surface area (Å²) in [6.45, 7) is 1.55. The number of azo groups is 1. The first kappa shape index (κ1) is 19.9. The Labute approximate surface area is 162 Å². The summed E-state index contributed by atoms with van der Waals surface area (Å²) < 4.78 is 56.7. The molecule has 3 aromatic rings. The van der Waals surface area contributed by atoms with E-state index in [2.05, 4.69) is 10.2 Å². The second-order valence-corrected chi connectivity index (χ2v) is 9.59. The van der Waals surface area contributed by atoms with Crippen LogP contribution in [0.4, 0.5) is 17.1 Å². The van der Waals surface area contributed by atoms with E-state index < -0.39 is 20.0 Å². The molecule has 0 aliphatic heterocycles. The molecule has 0 aliphatic rings. The first-order valence-electron chi connectivity index (χ1n) is 8.17. The molecule has 0 unspecified atom stereocenters. The summed E-state index contributed by atoms with van der Waals surface area (Å²) in [5.41, 5.74) is 6.71. The second kappa shape index (κ2) is 7.30. The summed E-state index contributed by atoms with van der Waals surface area (Å²) in [5.74, 6) is -0.0140. The van der Waals surface area contributed by atoms with E-state index in [0.29, 0.717) is 11.1 Å². The van der Waals surface area contributed by atoms with Gasteiger partial charge in [-0.15, -0.1) is 5.11 Å². The number of nitrogens with two attached hydrogens (primary N) is 1. The highest BCUT2D eigenvalue weighted by Gasteiger charge is 2.18. The second-order valence-electron chi connectivity index (χ2n) is 5.93. The first-order chi connectivity index (χ1) is 13.1. The van der Waals surface area contributed by atoms with Crippen molar-refractivity contribution < 1.29 is 21.4 Å². The largest absolute Gasteiger partial charge is 0.396 e. The molecule has 0 aromatic heterocycles. The molecule has 0 amide bonds. The van der Waals surface area contributed by atoms with Crippen LogP contribution in [0.2, 0.25) is 0 Å². The maximum atomic E-state index is 11.8. The summed E-state index contributed by atoms with van der Waals surface area (Å²) in [6, 6.07) is 13.4. The van der Waals surface area contributed by atoms with E-state index in [4.69, 9.17) is 5.73 Å². The Morgan fingerprint density at radius 1 is 0.929 bits per heavy atom. The van der Waals surface area contributed by atoms with Crippen LogP contribution in [-0.2, 0) is 20.0 Å². The van der Waals surface area contributed by atoms with Crippen LogP contribution in [0.1, 0.15) is 6.92 Å². The van der Waals surface area contributed by atoms with Crippen LogP contribution >= 0.6 is 0 Å². The van der Waals surface area contributed by atoms with Gasteiger partial charge in [-0.2, -0.15) is 13.5 Å². The van der Waals surface area contributed by atoms with E-state index in [1.165, 1.54) is 30.3 Å². The predicted octanol–water partition coefficient (Wildman–Crippen LogP) is 3.88. The maximum Gasteiger partial charge on any atom is 0.295 e. The molecule has 0 bridgehead atoms. The van der Waals surface area contributed by atoms with Gasteiger partial charge in [-0.3, -0.25) is 4.55 Å². The zero-order valence-electron chi connectivity index (χ0n) is 14.8. The number of nitrogen functional groups attached to an aromatic ring is 1. The van der Waals surface area contributed by atoms with Gasteiger partial charge >= 0.3 is 0 Å². The number of hydrogen-bond donors (Lipinski definition) is 2. The van der Waals surface area contributed by atoms with E-state index in [1.54, 1.807) is 25.1 Å². The molecule has 0 fully saturated rings. The lowest BCUT2D eigenvalue weighted by molar-refractivity contribution is 0.484. The summed E-state index contributed by atoms with van der Waals surface area (Å²) in [5, 5.41) is 8.66. The average Bonchev–Trinajstić information content (AvgIpc) is 2.67. The minimum absolute atomic E-state index is 0.0140. The number of rotatable bonds is 5. The zero-order chi connectivity index (χ0) is 20.5. The third-order valence-electron chi connectivity index (χ3n) is 4.15. The molecule has 28 heavy (non-hydrogen) atoms. The predicted molar refractivity (Wildman–Crippen MR) is 107 cm³/mol. The van der Waals surface area contributed by atoms with Crippen molar-refractivity contribution in [2.45, 2.75) is 16.7 Å². The van der Waals surface area contributed by atoms with Gasteiger partial charge < -0.3 is 5.73 Å². The molecular formula is C18H17N3O5S2. The lowest BCUT2D eigenvalue weighted by Crippen LogP contribution is -2.02. The molecule has 0 aliphatic carbocycles. The van der Waals surface area contributed by atoms with Crippen molar-refractivity contribution in [3.8, 4) is 0 Å². The molecule has 0 saturated carbocycles. The molecular weight excluding hydrogens is 402 g/mol. The van der Waals surface area contributed by atoms with Crippen molar-refractivity contribution in [3.05, 3.63) is 54.6 Å². The average molecular weight is 419 g/mol. The van der Waals surface area contributed by atoms with Crippen molar-refractivity contribution in [1.29, 1.82) is 0 Å². The van der Waals surface area contributed by atoms with Crippen molar-refractivity contribution in [2.24, 2.45) is 10.2 Å². The van der Waals surface area contributed by atoms with Gasteiger partial charge in [-0.05, 0) is 30.3 Å². The van der Waals surface area contributed by atoms with Crippen molar-refractivity contribution >= 4 is 47.8 Å². The number of nitrogens with zero attached hydrogens (tertiary/aromatic N) is 2. The van der Waals surface area contributed by atoms with Crippen molar-refractivity contribution in [3.63, 3.8) is 0 Å². The van der Waals surface area contributed by atoms with E-state index in [9.17, 15) is 21.4 Å².